The quantitative estimate of drug-likeness (QED) is 0.421. The van der Waals surface area contributed by atoms with Crippen LogP contribution >= 0.6 is 0 Å². The Morgan fingerprint density at radius 1 is 1.36 bits per heavy atom. The van der Waals surface area contributed by atoms with E-state index in [2.05, 4.69) is 0 Å². The largest absolute Gasteiger partial charge is 0.392 e. The molecule has 76 valence electrons. The molecule has 4 atom stereocenters. The summed E-state index contributed by atoms with van der Waals surface area (Å²) in [6.07, 6.45) is 1.59. The van der Waals surface area contributed by atoms with Crippen LogP contribution in [0.3, 0.4) is 0 Å². The highest BCUT2D eigenvalue weighted by molar-refractivity contribution is 6.01. The summed E-state index contributed by atoms with van der Waals surface area (Å²) < 4.78 is 10.5. The van der Waals surface area contributed by atoms with Crippen molar-refractivity contribution >= 4 is 11.9 Å². The van der Waals surface area contributed by atoms with E-state index in [0.29, 0.717) is 0 Å². The van der Waals surface area contributed by atoms with E-state index in [-0.39, 0.29) is 12.0 Å². The third-order valence-corrected chi connectivity index (χ3v) is 4.28. The summed E-state index contributed by atoms with van der Waals surface area (Å²) in [7, 11) is 0. The number of fused-ring (bicyclic) bond motifs is 5. The number of carbonyl (C=O) groups excluding carboxylic acids is 2. The molecule has 3 aliphatic rings. The van der Waals surface area contributed by atoms with Crippen LogP contribution in [0.4, 0.5) is 0 Å². The van der Waals surface area contributed by atoms with E-state index in [9.17, 15) is 9.59 Å². The number of hydrogen-bond acceptors (Lipinski definition) is 4. The minimum Gasteiger partial charge on any atom is -0.392 e. The predicted molar refractivity (Wildman–Crippen MR) is 45.2 cm³/mol. The number of esters is 2. The molecule has 0 aromatic rings. The topological polar surface area (TPSA) is 52.6 Å². The zero-order chi connectivity index (χ0) is 10.1. The van der Waals surface area contributed by atoms with Gasteiger partial charge >= 0.3 is 11.9 Å². The fourth-order valence-corrected chi connectivity index (χ4v) is 3.18. The lowest BCUT2D eigenvalue weighted by atomic mass is 9.62. The summed E-state index contributed by atoms with van der Waals surface area (Å²) in [6.45, 7) is 3.71. The predicted octanol–water partition coefficient (Wildman–Crippen LogP) is 0.644. The van der Waals surface area contributed by atoms with Gasteiger partial charge in [-0.2, -0.15) is 0 Å². The molecule has 0 saturated carbocycles. The SMILES string of the molecule is C[C@@]12CC[C@H](O1)[C@@H]1C(=O)OC(=O)[C@]12C. The van der Waals surface area contributed by atoms with Gasteiger partial charge < -0.3 is 9.47 Å². The second-order valence-corrected chi connectivity index (χ2v) is 4.81. The minimum atomic E-state index is -0.743. The molecule has 3 aliphatic heterocycles. The summed E-state index contributed by atoms with van der Waals surface area (Å²) in [5.41, 5.74) is -1.24. The Morgan fingerprint density at radius 2 is 2.07 bits per heavy atom. The van der Waals surface area contributed by atoms with Gasteiger partial charge in [0.2, 0.25) is 0 Å². The van der Waals surface area contributed by atoms with Gasteiger partial charge in [-0.15, -0.1) is 0 Å². The maximum atomic E-state index is 11.7. The van der Waals surface area contributed by atoms with E-state index in [1.807, 2.05) is 6.92 Å². The molecule has 4 heteroatoms. The Hall–Kier alpha value is -0.900. The number of hydrogen-bond donors (Lipinski definition) is 0. The molecule has 0 amide bonds. The fraction of sp³-hybridized carbons (Fsp3) is 0.800. The molecule has 0 unspecified atom stereocenters. The molecule has 0 aromatic heterocycles. The zero-order valence-electron chi connectivity index (χ0n) is 8.20. The molecule has 0 aliphatic carbocycles. The van der Waals surface area contributed by atoms with Crippen molar-refractivity contribution in [3.8, 4) is 0 Å². The van der Waals surface area contributed by atoms with E-state index in [1.54, 1.807) is 6.92 Å². The van der Waals surface area contributed by atoms with Gasteiger partial charge in [0, 0.05) is 0 Å². The first kappa shape index (κ1) is 8.41. The van der Waals surface area contributed by atoms with Gasteiger partial charge in [-0.25, -0.2) is 0 Å². The summed E-state index contributed by atoms with van der Waals surface area (Å²) in [4.78, 5) is 23.1. The molecule has 3 rings (SSSR count). The minimum absolute atomic E-state index is 0.107. The van der Waals surface area contributed by atoms with Crippen molar-refractivity contribution in [2.45, 2.75) is 38.4 Å². The van der Waals surface area contributed by atoms with Gasteiger partial charge in [0.05, 0.1) is 11.7 Å². The van der Waals surface area contributed by atoms with Crippen LogP contribution in [0.15, 0.2) is 0 Å². The molecule has 14 heavy (non-hydrogen) atoms. The third kappa shape index (κ3) is 0.610. The van der Waals surface area contributed by atoms with Crippen LogP contribution in [0.5, 0.6) is 0 Å². The molecule has 2 bridgehead atoms. The number of cyclic esters (lactones) is 2. The van der Waals surface area contributed by atoms with Crippen LogP contribution < -0.4 is 0 Å². The smallest absolute Gasteiger partial charge is 0.323 e. The lowest BCUT2D eigenvalue weighted by Gasteiger charge is -2.34. The van der Waals surface area contributed by atoms with Gasteiger partial charge in [-0.05, 0) is 26.7 Å². The highest BCUT2D eigenvalue weighted by Gasteiger charge is 2.74. The lowest BCUT2D eigenvalue weighted by molar-refractivity contribution is -0.162. The summed E-state index contributed by atoms with van der Waals surface area (Å²) in [6, 6.07) is 0. The second-order valence-electron chi connectivity index (χ2n) is 4.81. The van der Waals surface area contributed by atoms with Crippen molar-refractivity contribution < 1.29 is 19.1 Å². The van der Waals surface area contributed by atoms with Crippen LogP contribution in [0.1, 0.15) is 26.7 Å². The van der Waals surface area contributed by atoms with E-state index in [1.165, 1.54) is 0 Å². The van der Waals surface area contributed by atoms with Crippen LogP contribution in [0.2, 0.25) is 0 Å². The number of ether oxygens (including phenoxy) is 2. The lowest BCUT2D eigenvalue weighted by Crippen LogP contribution is -2.47. The first-order valence-corrected chi connectivity index (χ1v) is 4.93. The Morgan fingerprint density at radius 3 is 2.71 bits per heavy atom. The van der Waals surface area contributed by atoms with Crippen LogP contribution in [-0.2, 0) is 19.1 Å². The monoisotopic (exact) mass is 196 g/mol. The molecule has 0 aromatic carbocycles. The molecule has 4 nitrogen and oxygen atoms in total. The average Bonchev–Trinajstić information content (AvgIpc) is 2.63. The maximum Gasteiger partial charge on any atom is 0.323 e. The average molecular weight is 196 g/mol. The fourth-order valence-electron chi connectivity index (χ4n) is 3.18. The second kappa shape index (κ2) is 2.03. The van der Waals surface area contributed by atoms with Crippen molar-refractivity contribution in [1.29, 1.82) is 0 Å². The Bertz CT molecular complexity index is 350. The molecule has 0 radical (unpaired) electrons. The molecular formula is C10H12O4. The highest BCUT2D eigenvalue weighted by Crippen LogP contribution is 2.61. The van der Waals surface area contributed by atoms with Gasteiger partial charge in [0.1, 0.15) is 11.3 Å². The standard InChI is InChI=1S/C10H12O4/c1-9-4-3-5(14-9)6-7(11)13-8(12)10(6,9)2/h5-6H,3-4H2,1-2H3/t5-,6+,9-,10-/m0/s1. The summed E-state index contributed by atoms with van der Waals surface area (Å²) in [5, 5.41) is 0. The summed E-state index contributed by atoms with van der Waals surface area (Å²) in [5.74, 6) is -1.17. The van der Waals surface area contributed by atoms with Gasteiger partial charge in [0.15, 0.2) is 0 Å². The van der Waals surface area contributed by atoms with Gasteiger partial charge in [-0.1, -0.05) is 0 Å². The third-order valence-electron chi connectivity index (χ3n) is 4.28. The van der Waals surface area contributed by atoms with Crippen molar-refractivity contribution in [2.24, 2.45) is 11.3 Å². The van der Waals surface area contributed by atoms with E-state index < -0.39 is 23.0 Å². The van der Waals surface area contributed by atoms with Crippen LogP contribution in [0, 0.1) is 11.3 Å². The van der Waals surface area contributed by atoms with Gasteiger partial charge in [0.25, 0.3) is 0 Å². The highest BCUT2D eigenvalue weighted by atomic mass is 16.6. The molecule has 0 spiro atoms. The number of carbonyl (C=O) groups is 2. The van der Waals surface area contributed by atoms with Crippen molar-refractivity contribution in [3.05, 3.63) is 0 Å². The normalized spacial score (nSPS) is 55.0. The summed E-state index contributed by atoms with van der Waals surface area (Å²) >= 11 is 0. The maximum absolute atomic E-state index is 11.7. The molecule has 0 N–H and O–H groups in total. The molecule has 3 fully saturated rings. The van der Waals surface area contributed by atoms with E-state index in [4.69, 9.17) is 9.47 Å². The van der Waals surface area contributed by atoms with Crippen molar-refractivity contribution in [2.75, 3.05) is 0 Å². The molecule has 3 saturated heterocycles. The van der Waals surface area contributed by atoms with Crippen molar-refractivity contribution in [1.82, 2.24) is 0 Å². The van der Waals surface area contributed by atoms with Crippen molar-refractivity contribution in [3.63, 3.8) is 0 Å². The molecular weight excluding hydrogens is 184 g/mol. The zero-order valence-corrected chi connectivity index (χ0v) is 8.20. The molecule has 3 heterocycles. The first-order chi connectivity index (χ1) is 6.49. The Kier molecular flexibility index (Phi) is 1.22. The Labute approximate surface area is 81.6 Å². The van der Waals surface area contributed by atoms with E-state index in [0.717, 1.165) is 12.8 Å². The first-order valence-electron chi connectivity index (χ1n) is 4.93. The Balaban J connectivity index is 2.18. The van der Waals surface area contributed by atoms with Crippen LogP contribution in [-0.4, -0.2) is 23.6 Å². The van der Waals surface area contributed by atoms with E-state index >= 15 is 0 Å². The number of rotatable bonds is 0. The van der Waals surface area contributed by atoms with Crippen LogP contribution in [0.25, 0.3) is 0 Å². The van der Waals surface area contributed by atoms with Gasteiger partial charge in [-0.3, -0.25) is 9.59 Å².